The average Bonchev–Trinajstić information content (AvgIpc) is 2.27. The molecule has 0 aliphatic carbocycles. The molecule has 0 saturated carbocycles. The highest BCUT2D eigenvalue weighted by atomic mass is 16.5. The van der Waals surface area contributed by atoms with Crippen molar-refractivity contribution in [3.63, 3.8) is 0 Å². The molecular formula is C12H27NO2. The van der Waals surface area contributed by atoms with E-state index in [2.05, 4.69) is 13.8 Å². The first-order chi connectivity index (χ1) is 7.24. The van der Waals surface area contributed by atoms with E-state index in [4.69, 9.17) is 10.5 Å². The van der Waals surface area contributed by atoms with Gasteiger partial charge in [-0.1, -0.05) is 26.7 Å². The van der Waals surface area contributed by atoms with Gasteiger partial charge in [0.15, 0.2) is 0 Å². The fourth-order valence-electron chi connectivity index (χ4n) is 1.72. The molecular weight excluding hydrogens is 190 g/mol. The van der Waals surface area contributed by atoms with Crippen LogP contribution in [0.2, 0.25) is 0 Å². The minimum Gasteiger partial charge on any atom is -0.396 e. The summed E-state index contributed by atoms with van der Waals surface area (Å²) < 4.78 is 5.51. The fraction of sp³-hybridized carbons (Fsp3) is 1.00. The molecule has 0 heterocycles. The van der Waals surface area contributed by atoms with Crippen molar-refractivity contribution in [2.75, 3.05) is 26.4 Å². The van der Waals surface area contributed by atoms with E-state index in [0.29, 0.717) is 6.54 Å². The van der Waals surface area contributed by atoms with E-state index in [0.717, 1.165) is 45.3 Å². The normalized spacial score (nSPS) is 15.2. The minimum absolute atomic E-state index is 0.110. The van der Waals surface area contributed by atoms with Gasteiger partial charge in [-0.05, 0) is 19.3 Å². The number of ether oxygens (including phenoxy) is 1. The van der Waals surface area contributed by atoms with Crippen molar-refractivity contribution in [1.29, 1.82) is 0 Å². The molecule has 0 aliphatic rings. The van der Waals surface area contributed by atoms with Gasteiger partial charge < -0.3 is 15.6 Å². The summed E-state index contributed by atoms with van der Waals surface area (Å²) in [7, 11) is 0. The van der Waals surface area contributed by atoms with Crippen LogP contribution in [0.15, 0.2) is 0 Å². The van der Waals surface area contributed by atoms with Crippen LogP contribution in [0.4, 0.5) is 0 Å². The molecule has 3 N–H and O–H groups in total. The van der Waals surface area contributed by atoms with E-state index in [-0.39, 0.29) is 12.0 Å². The van der Waals surface area contributed by atoms with Crippen molar-refractivity contribution in [2.24, 2.45) is 11.1 Å². The molecule has 0 aliphatic heterocycles. The summed E-state index contributed by atoms with van der Waals surface area (Å²) >= 11 is 0. The Morgan fingerprint density at radius 1 is 1.13 bits per heavy atom. The lowest BCUT2D eigenvalue weighted by Gasteiger charge is -2.30. The Balaban J connectivity index is 3.74. The van der Waals surface area contributed by atoms with Crippen LogP contribution in [-0.4, -0.2) is 31.5 Å². The van der Waals surface area contributed by atoms with Crippen molar-refractivity contribution in [1.82, 2.24) is 0 Å². The van der Waals surface area contributed by atoms with Gasteiger partial charge in [-0.15, -0.1) is 0 Å². The third kappa shape index (κ3) is 6.13. The SMILES string of the molecule is CCCCOCCC(CN)(CO)CCC. The second-order valence-corrected chi connectivity index (χ2v) is 4.33. The summed E-state index contributed by atoms with van der Waals surface area (Å²) in [5, 5.41) is 9.37. The largest absolute Gasteiger partial charge is 0.396 e. The van der Waals surface area contributed by atoms with Crippen molar-refractivity contribution in [3.8, 4) is 0 Å². The van der Waals surface area contributed by atoms with Gasteiger partial charge in [0.25, 0.3) is 0 Å². The van der Waals surface area contributed by atoms with Crippen LogP contribution < -0.4 is 5.73 Å². The van der Waals surface area contributed by atoms with Crippen LogP contribution in [0, 0.1) is 5.41 Å². The molecule has 3 heteroatoms. The lowest BCUT2D eigenvalue weighted by molar-refractivity contribution is 0.0544. The van der Waals surface area contributed by atoms with Gasteiger partial charge >= 0.3 is 0 Å². The fourth-order valence-corrected chi connectivity index (χ4v) is 1.72. The van der Waals surface area contributed by atoms with Crippen LogP contribution in [0.3, 0.4) is 0 Å². The Kier molecular flexibility index (Phi) is 9.06. The molecule has 0 aromatic rings. The van der Waals surface area contributed by atoms with Crippen molar-refractivity contribution in [2.45, 2.75) is 46.0 Å². The average molecular weight is 217 g/mol. The zero-order valence-corrected chi connectivity index (χ0v) is 10.3. The van der Waals surface area contributed by atoms with Gasteiger partial charge in [0, 0.05) is 31.8 Å². The molecule has 0 amide bonds. The highest BCUT2D eigenvalue weighted by molar-refractivity contribution is 4.79. The molecule has 0 bridgehead atoms. The lowest BCUT2D eigenvalue weighted by atomic mass is 9.81. The number of aliphatic hydroxyl groups excluding tert-OH is 1. The molecule has 0 spiro atoms. The van der Waals surface area contributed by atoms with E-state index >= 15 is 0 Å². The quantitative estimate of drug-likeness (QED) is 0.550. The summed E-state index contributed by atoms with van der Waals surface area (Å²) in [6.07, 6.45) is 5.20. The van der Waals surface area contributed by atoms with Gasteiger partial charge in [0.05, 0.1) is 0 Å². The maximum Gasteiger partial charge on any atom is 0.0500 e. The van der Waals surface area contributed by atoms with E-state index in [1.165, 1.54) is 0 Å². The van der Waals surface area contributed by atoms with E-state index in [1.54, 1.807) is 0 Å². The Morgan fingerprint density at radius 3 is 2.33 bits per heavy atom. The lowest BCUT2D eigenvalue weighted by Crippen LogP contribution is -2.35. The molecule has 0 aromatic carbocycles. The Morgan fingerprint density at radius 2 is 1.87 bits per heavy atom. The van der Waals surface area contributed by atoms with Crippen LogP contribution >= 0.6 is 0 Å². The molecule has 0 aromatic heterocycles. The molecule has 1 atom stereocenters. The monoisotopic (exact) mass is 217 g/mol. The molecule has 3 nitrogen and oxygen atoms in total. The Labute approximate surface area is 94.0 Å². The van der Waals surface area contributed by atoms with E-state index in [9.17, 15) is 5.11 Å². The second kappa shape index (κ2) is 9.13. The van der Waals surface area contributed by atoms with Crippen LogP contribution in [0.5, 0.6) is 0 Å². The van der Waals surface area contributed by atoms with Gasteiger partial charge in [-0.3, -0.25) is 0 Å². The smallest absolute Gasteiger partial charge is 0.0500 e. The van der Waals surface area contributed by atoms with Gasteiger partial charge in [0.1, 0.15) is 0 Å². The molecule has 0 rings (SSSR count). The second-order valence-electron chi connectivity index (χ2n) is 4.33. The first kappa shape index (κ1) is 14.9. The third-order valence-corrected chi connectivity index (χ3v) is 2.97. The first-order valence-corrected chi connectivity index (χ1v) is 6.13. The molecule has 1 unspecified atom stereocenters. The number of aliphatic hydroxyl groups is 1. The molecule has 0 saturated heterocycles. The number of hydrogen-bond donors (Lipinski definition) is 2. The molecule has 0 radical (unpaired) electrons. The van der Waals surface area contributed by atoms with E-state index in [1.807, 2.05) is 0 Å². The molecule has 15 heavy (non-hydrogen) atoms. The van der Waals surface area contributed by atoms with Gasteiger partial charge in [-0.25, -0.2) is 0 Å². The van der Waals surface area contributed by atoms with Crippen LogP contribution in [0.25, 0.3) is 0 Å². The molecule has 0 fully saturated rings. The first-order valence-electron chi connectivity index (χ1n) is 6.13. The predicted molar refractivity (Wildman–Crippen MR) is 63.8 cm³/mol. The van der Waals surface area contributed by atoms with Gasteiger partial charge in [0.2, 0.25) is 0 Å². The van der Waals surface area contributed by atoms with Crippen LogP contribution in [-0.2, 0) is 4.74 Å². The Hall–Kier alpha value is -0.120. The standard InChI is InChI=1S/C12H27NO2/c1-3-5-8-15-9-7-12(10-13,11-14)6-4-2/h14H,3-11,13H2,1-2H3. The number of unbranched alkanes of at least 4 members (excludes halogenated alkanes) is 1. The highest BCUT2D eigenvalue weighted by Crippen LogP contribution is 2.26. The maximum absolute atomic E-state index is 9.37. The topological polar surface area (TPSA) is 55.5 Å². The molecule has 92 valence electrons. The summed E-state index contributed by atoms with van der Waals surface area (Å²) in [6, 6.07) is 0. The minimum atomic E-state index is -0.110. The number of nitrogens with two attached hydrogens (primary N) is 1. The summed E-state index contributed by atoms with van der Waals surface area (Å²) in [5.74, 6) is 0. The summed E-state index contributed by atoms with van der Waals surface area (Å²) in [4.78, 5) is 0. The summed E-state index contributed by atoms with van der Waals surface area (Å²) in [5.41, 5.74) is 5.62. The van der Waals surface area contributed by atoms with Crippen molar-refractivity contribution >= 4 is 0 Å². The Bertz CT molecular complexity index is 136. The number of hydrogen-bond acceptors (Lipinski definition) is 3. The third-order valence-electron chi connectivity index (χ3n) is 2.97. The number of rotatable bonds is 10. The summed E-state index contributed by atoms with van der Waals surface area (Å²) in [6.45, 7) is 6.55. The van der Waals surface area contributed by atoms with Crippen molar-refractivity contribution in [3.05, 3.63) is 0 Å². The van der Waals surface area contributed by atoms with Crippen LogP contribution in [0.1, 0.15) is 46.0 Å². The predicted octanol–water partition coefficient (Wildman–Crippen LogP) is 1.93. The zero-order valence-electron chi connectivity index (χ0n) is 10.3. The van der Waals surface area contributed by atoms with E-state index < -0.39 is 0 Å². The zero-order chi connectivity index (χ0) is 11.6. The maximum atomic E-state index is 9.37. The van der Waals surface area contributed by atoms with Crippen molar-refractivity contribution < 1.29 is 9.84 Å². The highest BCUT2D eigenvalue weighted by Gasteiger charge is 2.26. The van der Waals surface area contributed by atoms with Gasteiger partial charge in [-0.2, -0.15) is 0 Å².